The Kier molecular flexibility index (Phi) is 7.17. The number of aromatic nitrogens is 3. The summed E-state index contributed by atoms with van der Waals surface area (Å²) in [6, 6.07) is 13.5. The molecule has 7 nitrogen and oxygen atoms in total. The lowest BCUT2D eigenvalue weighted by Gasteiger charge is -2.10. The van der Waals surface area contributed by atoms with Crippen LogP contribution in [-0.2, 0) is 26.9 Å². The average Bonchev–Trinajstić information content (AvgIpc) is 3.11. The van der Waals surface area contributed by atoms with Crippen molar-refractivity contribution >= 4 is 44.8 Å². The predicted molar refractivity (Wildman–Crippen MR) is 119 cm³/mol. The molecule has 10 heteroatoms. The third-order valence-electron chi connectivity index (χ3n) is 4.41. The Labute approximate surface area is 184 Å². The fraction of sp³-hybridized carbons (Fsp3) is 0.250. The highest BCUT2D eigenvalue weighted by Gasteiger charge is 2.21. The van der Waals surface area contributed by atoms with Gasteiger partial charge in [0.25, 0.3) is 0 Å². The van der Waals surface area contributed by atoms with Crippen LogP contribution in [0.2, 0.25) is 5.02 Å². The summed E-state index contributed by atoms with van der Waals surface area (Å²) in [7, 11) is -3.54. The molecule has 1 N–H and O–H groups in total. The van der Waals surface area contributed by atoms with E-state index >= 15 is 0 Å². The predicted octanol–water partition coefficient (Wildman–Crippen LogP) is 3.96. The molecule has 1 aromatic heterocycles. The molecule has 0 spiro atoms. The first-order chi connectivity index (χ1) is 14.3. The molecule has 30 heavy (non-hydrogen) atoms. The van der Waals surface area contributed by atoms with Crippen molar-refractivity contribution in [3.63, 3.8) is 0 Å². The van der Waals surface area contributed by atoms with E-state index in [-0.39, 0.29) is 22.3 Å². The zero-order valence-corrected chi connectivity index (χ0v) is 18.9. The number of hydrogen-bond donors (Lipinski definition) is 1. The first-order valence-electron chi connectivity index (χ1n) is 9.19. The molecule has 0 saturated heterocycles. The topological polar surface area (TPSA) is 93.9 Å². The van der Waals surface area contributed by atoms with Crippen LogP contribution in [0.5, 0.6) is 0 Å². The van der Waals surface area contributed by atoms with Crippen molar-refractivity contribution in [1.29, 1.82) is 0 Å². The van der Waals surface area contributed by atoms with E-state index in [1.165, 1.54) is 11.8 Å². The van der Waals surface area contributed by atoms with Crippen molar-refractivity contribution in [2.45, 2.75) is 36.2 Å². The maximum Gasteiger partial charge on any atom is 0.234 e. The van der Waals surface area contributed by atoms with E-state index in [1.807, 2.05) is 13.8 Å². The molecular formula is C20H21ClN4O3S2. The third-order valence-corrected chi connectivity index (χ3v) is 7.41. The number of anilines is 1. The van der Waals surface area contributed by atoms with Crippen molar-refractivity contribution in [1.82, 2.24) is 14.8 Å². The number of halogens is 1. The van der Waals surface area contributed by atoms with E-state index in [2.05, 4.69) is 15.5 Å². The summed E-state index contributed by atoms with van der Waals surface area (Å²) >= 11 is 7.28. The lowest BCUT2D eigenvalue weighted by molar-refractivity contribution is -0.113. The summed E-state index contributed by atoms with van der Waals surface area (Å²) in [5, 5.41) is 12.0. The zero-order chi connectivity index (χ0) is 21.7. The number of benzene rings is 2. The molecule has 0 radical (unpaired) electrons. The number of amides is 1. The summed E-state index contributed by atoms with van der Waals surface area (Å²) in [5.74, 6) is -0.0219. The van der Waals surface area contributed by atoms with E-state index in [0.717, 1.165) is 5.56 Å². The minimum absolute atomic E-state index is 0.107. The van der Waals surface area contributed by atoms with Gasteiger partial charge in [-0.2, -0.15) is 0 Å². The number of nitrogens with one attached hydrogen (secondary N) is 1. The van der Waals surface area contributed by atoms with E-state index in [9.17, 15) is 13.2 Å². The Bertz CT molecular complexity index is 1150. The summed E-state index contributed by atoms with van der Waals surface area (Å²) in [5.41, 5.74) is 1.45. The molecule has 1 amide bonds. The highest BCUT2D eigenvalue weighted by molar-refractivity contribution is 7.99. The normalized spacial score (nSPS) is 11.4. The largest absolute Gasteiger partial charge is 0.325 e. The number of nitrogens with zero attached hydrogens (tertiary/aromatic N) is 3. The molecule has 2 aromatic carbocycles. The second-order valence-electron chi connectivity index (χ2n) is 6.46. The Morgan fingerprint density at radius 1 is 1.13 bits per heavy atom. The highest BCUT2D eigenvalue weighted by atomic mass is 35.5. The van der Waals surface area contributed by atoms with Crippen molar-refractivity contribution < 1.29 is 13.2 Å². The molecular weight excluding hydrogens is 444 g/mol. The van der Waals surface area contributed by atoms with E-state index < -0.39 is 9.84 Å². The van der Waals surface area contributed by atoms with E-state index in [0.29, 0.717) is 28.2 Å². The quantitative estimate of drug-likeness (QED) is 0.507. The number of carbonyl (C=O) groups excluding carboxylic acids is 1. The molecule has 0 fully saturated rings. The van der Waals surface area contributed by atoms with Gasteiger partial charge in [0.1, 0.15) is 11.6 Å². The fourth-order valence-corrected chi connectivity index (χ4v) is 5.08. The summed E-state index contributed by atoms with van der Waals surface area (Å²) in [6.45, 7) is 4.20. The van der Waals surface area contributed by atoms with Gasteiger partial charge >= 0.3 is 0 Å². The Hall–Kier alpha value is -2.36. The minimum Gasteiger partial charge on any atom is -0.325 e. The van der Waals surface area contributed by atoms with Gasteiger partial charge in [0.2, 0.25) is 5.91 Å². The van der Waals surface area contributed by atoms with Gasteiger partial charge in [-0.25, -0.2) is 8.42 Å². The first-order valence-corrected chi connectivity index (χ1v) is 12.2. The lowest BCUT2D eigenvalue weighted by atomic mass is 10.2. The molecule has 0 aliphatic carbocycles. The second-order valence-corrected chi connectivity index (χ2v) is 9.80. The summed E-state index contributed by atoms with van der Waals surface area (Å²) in [4.78, 5) is 12.6. The number of thioether (sulfide) groups is 1. The monoisotopic (exact) mass is 464 g/mol. The number of carbonyl (C=O) groups is 1. The van der Waals surface area contributed by atoms with Crippen LogP contribution in [0.3, 0.4) is 0 Å². The van der Waals surface area contributed by atoms with Crippen LogP contribution in [-0.4, -0.2) is 34.8 Å². The summed E-state index contributed by atoms with van der Waals surface area (Å²) < 4.78 is 27.0. The molecule has 0 aliphatic rings. The van der Waals surface area contributed by atoms with Crippen LogP contribution < -0.4 is 5.32 Å². The Morgan fingerprint density at radius 3 is 2.57 bits per heavy atom. The van der Waals surface area contributed by atoms with Gasteiger partial charge in [-0.15, -0.1) is 10.2 Å². The standard InChI is InChI=1S/C20H21ClN4O3S2/c1-3-25-18(13-30(27,28)15-8-5-4-6-9-15)23-24-20(25)29-12-19(26)22-17-11-7-10-16(21)14(17)2/h4-11H,3,12-13H2,1-2H3,(H,22,26). The van der Waals surface area contributed by atoms with Crippen molar-refractivity contribution in [3.8, 4) is 0 Å². The van der Waals surface area contributed by atoms with Gasteiger partial charge in [0.05, 0.1) is 10.6 Å². The van der Waals surface area contributed by atoms with Crippen LogP contribution in [0.4, 0.5) is 5.69 Å². The van der Waals surface area contributed by atoms with Gasteiger partial charge in [-0.1, -0.05) is 47.6 Å². The molecule has 3 aromatic rings. The maximum atomic E-state index is 12.6. The van der Waals surface area contributed by atoms with Crippen LogP contribution in [0, 0.1) is 6.92 Å². The van der Waals surface area contributed by atoms with Crippen LogP contribution >= 0.6 is 23.4 Å². The lowest BCUT2D eigenvalue weighted by Crippen LogP contribution is -2.16. The third kappa shape index (κ3) is 5.21. The molecule has 0 aliphatic heterocycles. The van der Waals surface area contributed by atoms with Gasteiger partial charge in [-0.05, 0) is 43.7 Å². The average molecular weight is 465 g/mol. The molecule has 1 heterocycles. The first kappa shape index (κ1) is 22.3. The summed E-state index contributed by atoms with van der Waals surface area (Å²) in [6.07, 6.45) is 0. The van der Waals surface area contributed by atoms with Gasteiger partial charge < -0.3 is 9.88 Å². The van der Waals surface area contributed by atoms with Gasteiger partial charge in [-0.3, -0.25) is 4.79 Å². The van der Waals surface area contributed by atoms with Crippen molar-refractivity contribution in [2.75, 3.05) is 11.1 Å². The van der Waals surface area contributed by atoms with Gasteiger partial charge in [0.15, 0.2) is 15.0 Å². The maximum absolute atomic E-state index is 12.6. The Morgan fingerprint density at radius 2 is 1.87 bits per heavy atom. The SMILES string of the molecule is CCn1c(CS(=O)(=O)c2ccccc2)nnc1SCC(=O)Nc1cccc(Cl)c1C. The smallest absolute Gasteiger partial charge is 0.234 e. The molecule has 0 atom stereocenters. The van der Waals surface area contributed by atoms with E-state index in [4.69, 9.17) is 11.6 Å². The van der Waals surface area contributed by atoms with Gasteiger partial charge in [0, 0.05) is 17.3 Å². The van der Waals surface area contributed by atoms with Crippen LogP contribution in [0.15, 0.2) is 58.6 Å². The molecule has 3 rings (SSSR count). The fourth-order valence-electron chi connectivity index (χ4n) is 2.79. The molecule has 0 bridgehead atoms. The number of rotatable bonds is 8. The van der Waals surface area contributed by atoms with Crippen LogP contribution in [0.25, 0.3) is 0 Å². The molecule has 158 valence electrons. The number of hydrogen-bond acceptors (Lipinski definition) is 6. The molecule has 0 unspecified atom stereocenters. The van der Waals surface area contributed by atoms with E-state index in [1.54, 1.807) is 53.1 Å². The van der Waals surface area contributed by atoms with Crippen molar-refractivity contribution in [3.05, 3.63) is 64.9 Å². The Balaban J connectivity index is 1.68. The second kappa shape index (κ2) is 9.63. The molecule has 0 saturated carbocycles. The van der Waals surface area contributed by atoms with Crippen molar-refractivity contribution in [2.24, 2.45) is 0 Å². The van der Waals surface area contributed by atoms with Crippen LogP contribution in [0.1, 0.15) is 18.3 Å². The number of sulfone groups is 1. The zero-order valence-electron chi connectivity index (χ0n) is 16.5. The minimum atomic E-state index is -3.54. The highest BCUT2D eigenvalue weighted by Crippen LogP contribution is 2.24.